The Kier molecular flexibility index (Phi) is 7.08. The van der Waals surface area contributed by atoms with Gasteiger partial charge in [0.1, 0.15) is 6.54 Å². The molecule has 0 aromatic heterocycles. The van der Waals surface area contributed by atoms with Crippen LogP contribution < -0.4 is 10.6 Å². The molecule has 6 heteroatoms. The van der Waals surface area contributed by atoms with Crippen molar-refractivity contribution < 1.29 is 19.5 Å². The Bertz CT molecular complexity index is 525. The van der Waals surface area contributed by atoms with E-state index in [1.807, 2.05) is 6.92 Å². The first-order valence-corrected chi connectivity index (χ1v) is 7.32. The van der Waals surface area contributed by atoms with Gasteiger partial charge in [0.05, 0.1) is 0 Å². The molecular weight excluding hydrogens is 284 g/mol. The van der Waals surface area contributed by atoms with Crippen LogP contribution in [0.1, 0.15) is 43.5 Å². The SMILES string of the molecule is CCCC(C)CC(=O)Nc1ccc(C(=O)NCC(=O)O)cc1. The number of carbonyl (C=O) groups excluding carboxylic acids is 2. The minimum absolute atomic E-state index is 0.0518. The minimum Gasteiger partial charge on any atom is -0.480 e. The van der Waals surface area contributed by atoms with Gasteiger partial charge < -0.3 is 15.7 Å². The highest BCUT2D eigenvalue weighted by Crippen LogP contribution is 2.13. The van der Waals surface area contributed by atoms with Crippen LogP contribution in [0.2, 0.25) is 0 Å². The molecular formula is C16H22N2O4. The van der Waals surface area contributed by atoms with E-state index in [2.05, 4.69) is 17.6 Å². The van der Waals surface area contributed by atoms with E-state index in [9.17, 15) is 14.4 Å². The number of nitrogens with one attached hydrogen (secondary N) is 2. The topological polar surface area (TPSA) is 95.5 Å². The van der Waals surface area contributed by atoms with Crippen molar-refractivity contribution in [1.82, 2.24) is 5.32 Å². The van der Waals surface area contributed by atoms with Crippen LogP contribution in [0.25, 0.3) is 0 Å². The van der Waals surface area contributed by atoms with E-state index in [0.717, 1.165) is 12.8 Å². The lowest BCUT2D eigenvalue weighted by molar-refractivity contribution is -0.135. The Morgan fingerprint density at radius 2 is 1.82 bits per heavy atom. The average Bonchev–Trinajstić information content (AvgIpc) is 2.45. The Morgan fingerprint density at radius 1 is 1.18 bits per heavy atom. The summed E-state index contributed by atoms with van der Waals surface area (Å²) in [6.45, 7) is 3.70. The third kappa shape index (κ3) is 6.39. The molecule has 0 fully saturated rings. The molecule has 0 spiro atoms. The zero-order valence-electron chi connectivity index (χ0n) is 12.9. The summed E-state index contributed by atoms with van der Waals surface area (Å²) < 4.78 is 0. The highest BCUT2D eigenvalue weighted by atomic mass is 16.4. The fourth-order valence-electron chi connectivity index (χ4n) is 2.09. The summed E-state index contributed by atoms with van der Waals surface area (Å²) in [4.78, 5) is 33.9. The molecule has 1 aromatic carbocycles. The van der Waals surface area contributed by atoms with Crippen LogP contribution in [0.3, 0.4) is 0 Å². The fourth-order valence-corrected chi connectivity index (χ4v) is 2.09. The van der Waals surface area contributed by atoms with Gasteiger partial charge in [0.15, 0.2) is 0 Å². The first-order chi connectivity index (χ1) is 10.4. The molecule has 0 heterocycles. The van der Waals surface area contributed by atoms with Crippen LogP contribution in [0.15, 0.2) is 24.3 Å². The highest BCUT2D eigenvalue weighted by molar-refractivity contribution is 5.97. The fraction of sp³-hybridized carbons (Fsp3) is 0.438. The lowest BCUT2D eigenvalue weighted by atomic mass is 10.0. The van der Waals surface area contributed by atoms with Crippen molar-refractivity contribution in [3.05, 3.63) is 29.8 Å². The van der Waals surface area contributed by atoms with Gasteiger partial charge in [-0.25, -0.2) is 0 Å². The summed E-state index contributed by atoms with van der Waals surface area (Å²) in [5, 5.41) is 13.6. The molecule has 1 rings (SSSR count). The van der Waals surface area contributed by atoms with E-state index in [1.54, 1.807) is 24.3 Å². The van der Waals surface area contributed by atoms with Crippen molar-refractivity contribution in [3.8, 4) is 0 Å². The van der Waals surface area contributed by atoms with Crippen LogP contribution in [0.4, 0.5) is 5.69 Å². The van der Waals surface area contributed by atoms with Crippen molar-refractivity contribution in [2.75, 3.05) is 11.9 Å². The molecule has 22 heavy (non-hydrogen) atoms. The van der Waals surface area contributed by atoms with Crippen molar-refractivity contribution in [2.45, 2.75) is 33.1 Å². The Balaban J connectivity index is 2.52. The molecule has 0 bridgehead atoms. The Hall–Kier alpha value is -2.37. The van der Waals surface area contributed by atoms with Gasteiger partial charge in [-0.2, -0.15) is 0 Å². The lowest BCUT2D eigenvalue weighted by Gasteiger charge is -2.10. The maximum atomic E-state index is 11.8. The summed E-state index contributed by atoms with van der Waals surface area (Å²) in [6, 6.07) is 6.33. The molecule has 1 atom stereocenters. The third-order valence-corrected chi connectivity index (χ3v) is 3.15. The molecule has 1 unspecified atom stereocenters. The van der Waals surface area contributed by atoms with E-state index >= 15 is 0 Å². The van der Waals surface area contributed by atoms with Crippen LogP contribution in [0.5, 0.6) is 0 Å². The summed E-state index contributed by atoms with van der Waals surface area (Å²) in [7, 11) is 0. The standard InChI is InChI=1S/C16H22N2O4/c1-3-4-11(2)9-14(19)18-13-7-5-12(6-8-13)16(22)17-10-15(20)21/h5-8,11H,3-4,9-10H2,1-2H3,(H,17,22)(H,18,19)(H,20,21). The zero-order valence-corrected chi connectivity index (χ0v) is 12.9. The predicted molar refractivity (Wildman–Crippen MR) is 83.7 cm³/mol. The zero-order chi connectivity index (χ0) is 16.5. The van der Waals surface area contributed by atoms with Gasteiger partial charge >= 0.3 is 5.97 Å². The van der Waals surface area contributed by atoms with Crippen LogP contribution >= 0.6 is 0 Å². The summed E-state index contributed by atoms with van der Waals surface area (Å²) in [5.74, 6) is -1.27. The maximum Gasteiger partial charge on any atom is 0.322 e. The van der Waals surface area contributed by atoms with E-state index < -0.39 is 18.4 Å². The molecule has 2 amide bonds. The van der Waals surface area contributed by atoms with Gasteiger partial charge in [0.2, 0.25) is 5.91 Å². The number of benzene rings is 1. The molecule has 0 saturated carbocycles. The van der Waals surface area contributed by atoms with Gasteiger partial charge in [0.25, 0.3) is 5.91 Å². The minimum atomic E-state index is -1.10. The summed E-state index contributed by atoms with van der Waals surface area (Å²) in [6.07, 6.45) is 2.53. The van der Waals surface area contributed by atoms with Crippen molar-refractivity contribution in [1.29, 1.82) is 0 Å². The van der Waals surface area contributed by atoms with Gasteiger partial charge in [-0.1, -0.05) is 26.7 Å². The molecule has 120 valence electrons. The number of carboxylic acid groups (broad SMARTS) is 1. The van der Waals surface area contributed by atoms with Crippen molar-refractivity contribution in [2.24, 2.45) is 5.92 Å². The number of hydrogen-bond donors (Lipinski definition) is 3. The largest absolute Gasteiger partial charge is 0.480 e. The molecule has 1 aromatic rings. The number of carbonyl (C=O) groups is 3. The molecule has 0 aliphatic carbocycles. The number of rotatable bonds is 8. The van der Waals surface area contributed by atoms with Crippen LogP contribution in [-0.2, 0) is 9.59 Å². The second-order valence-electron chi connectivity index (χ2n) is 5.30. The Labute approximate surface area is 129 Å². The van der Waals surface area contributed by atoms with Crippen LogP contribution in [-0.4, -0.2) is 29.4 Å². The number of carboxylic acids is 1. The predicted octanol–water partition coefficient (Wildman–Crippen LogP) is 2.27. The second kappa shape index (κ2) is 8.81. The summed E-state index contributed by atoms with van der Waals surface area (Å²) in [5.41, 5.74) is 0.960. The number of amides is 2. The summed E-state index contributed by atoms with van der Waals surface area (Å²) >= 11 is 0. The molecule has 0 radical (unpaired) electrons. The lowest BCUT2D eigenvalue weighted by Crippen LogP contribution is -2.29. The maximum absolute atomic E-state index is 11.8. The highest BCUT2D eigenvalue weighted by Gasteiger charge is 2.10. The average molecular weight is 306 g/mol. The van der Waals surface area contributed by atoms with Crippen molar-refractivity contribution >= 4 is 23.5 Å². The van der Waals surface area contributed by atoms with Gasteiger partial charge in [0, 0.05) is 17.7 Å². The van der Waals surface area contributed by atoms with Gasteiger partial charge in [-0.05, 0) is 30.2 Å². The quantitative estimate of drug-likeness (QED) is 0.686. The molecule has 6 nitrogen and oxygen atoms in total. The van der Waals surface area contributed by atoms with E-state index in [0.29, 0.717) is 23.6 Å². The van der Waals surface area contributed by atoms with E-state index in [4.69, 9.17) is 5.11 Å². The first-order valence-electron chi connectivity index (χ1n) is 7.32. The van der Waals surface area contributed by atoms with E-state index in [-0.39, 0.29) is 5.91 Å². The van der Waals surface area contributed by atoms with Crippen molar-refractivity contribution in [3.63, 3.8) is 0 Å². The molecule has 3 N–H and O–H groups in total. The molecule has 0 aliphatic heterocycles. The normalized spacial score (nSPS) is 11.5. The second-order valence-corrected chi connectivity index (χ2v) is 5.30. The smallest absolute Gasteiger partial charge is 0.322 e. The molecule has 0 aliphatic rings. The van der Waals surface area contributed by atoms with Crippen LogP contribution in [0, 0.1) is 5.92 Å². The van der Waals surface area contributed by atoms with Gasteiger partial charge in [-0.15, -0.1) is 0 Å². The third-order valence-electron chi connectivity index (χ3n) is 3.15. The number of hydrogen-bond acceptors (Lipinski definition) is 3. The molecule has 0 saturated heterocycles. The van der Waals surface area contributed by atoms with Gasteiger partial charge in [-0.3, -0.25) is 14.4 Å². The first kappa shape index (κ1) is 17.7. The van der Waals surface area contributed by atoms with E-state index in [1.165, 1.54) is 0 Å². The monoisotopic (exact) mass is 306 g/mol. The number of aliphatic carboxylic acids is 1. The Morgan fingerprint density at radius 3 is 2.36 bits per heavy atom. The number of anilines is 1.